The molecule has 0 aliphatic rings. The van der Waals surface area contributed by atoms with E-state index in [0.29, 0.717) is 11.3 Å². The number of ether oxygens (including phenoxy) is 4. The molecule has 0 amide bonds. The van der Waals surface area contributed by atoms with Crippen molar-refractivity contribution >= 4 is 37.5 Å². The Morgan fingerprint density at radius 3 is 2.08 bits per heavy atom. The van der Waals surface area contributed by atoms with E-state index in [1.54, 1.807) is 51.7 Å². The summed E-state index contributed by atoms with van der Waals surface area (Å²) in [5.74, 6) is -0.453. The van der Waals surface area contributed by atoms with Crippen LogP contribution in [-0.2, 0) is 20.1 Å². The van der Waals surface area contributed by atoms with E-state index in [0.717, 1.165) is 43.5 Å². The number of hydrogen-bond donors (Lipinski definition) is 0. The fourth-order valence-electron chi connectivity index (χ4n) is 4.78. The minimum Gasteiger partial charge on any atom is -0.497 e. The molecule has 38 heavy (non-hydrogen) atoms. The molecule has 4 aromatic carbocycles. The van der Waals surface area contributed by atoms with Crippen LogP contribution in [0.4, 0.5) is 0 Å². The Balaban J connectivity index is 1.78. The van der Waals surface area contributed by atoms with Crippen molar-refractivity contribution in [3.8, 4) is 22.6 Å². The molecular weight excluding hydrogens is 496 g/mol. The molecule has 0 unspecified atom stereocenters. The second-order valence-electron chi connectivity index (χ2n) is 8.91. The average Bonchev–Trinajstić information content (AvgIpc) is 3.33. The number of fused-ring (bicyclic) bond motifs is 3. The minimum absolute atomic E-state index is 0.343. The van der Waals surface area contributed by atoms with Gasteiger partial charge in [0.15, 0.2) is 0 Å². The molecule has 0 atom stereocenters. The molecule has 1 heterocycles. The van der Waals surface area contributed by atoms with Crippen LogP contribution in [0.15, 0.2) is 97.1 Å². The van der Waals surface area contributed by atoms with Gasteiger partial charge >= 0.3 is 5.97 Å². The van der Waals surface area contributed by atoms with Gasteiger partial charge in [-0.1, -0.05) is 43.0 Å². The Labute approximate surface area is 225 Å². The first kappa shape index (κ1) is 25.7. The molecule has 6 heteroatoms. The molecule has 0 fully saturated rings. The van der Waals surface area contributed by atoms with Gasteiger partial charge in [-0.05, 0) is 66.6 Å². The predicted molar refractivity (Wildman–Crippen MR) is 153 cm³/mol. The summed E-state index contributed by atoms with van der Waals surface area (Å²) in [7, 11) is 4.93. The topological polar surface area (TPSA) is 54.0 Å². The number of thiophene rings is 1. The molecule has 1 aromatic heterocycles. The molecule has 0 saturated carbocycles. The second-order valence-corrected chi connectivity index (χ2v) is 9.99. The fourth-order valence-corrected chi connectivity index (χ4v) is 5.89. The van der Waals surface area contributed by atoms with Crippen LogP contribution in [0.2, 0.25) is 0 Å². The van der Waals surface area contributed by atoms with Crippen LogP contribution in [-0.4, -0.2) is 27.3 Å². The van der Waals surface area contributed by atoms with E-state index in [2.05, 4.69) is 43.0 Å². The quantitative estimate of drug-likeness (QED) is 0.0901. The van der Waals surface area contributed by atoms with E-state index in [-0.39, 0.29) is 0 Å². The van der Waals surface area contributed by atoms with Gasteiger partial charge in [-0.3, -0.25) is 0 Å². The maximum absolute atomic E-state index is 12.1. The SMILES string of the molecule is C=C(C)C(=O)Oc1ccc(-c2c(C(OC)(OC)c3ccc(OC)cc3)ccc3sc4ccccc4c23)cc1. The first-order valence-electron chi connectivity index (χ1n) is 12.1. The standard InChI is InChI=1S/C32H28O5S/c1-20(2)31(33)37-24-14-10-21(11-15-24)29-26(18-19-28-30(29)25-8-6-7-9-27(25)38-28)32(35-4,36-5)22-12-16-23(34-3)17-13-22/h6-19H,1H2,2-5H3. The summed E-state index contributed by atoms with van der Waals surface area (Å²) in [5.41, 5.74) is 3.95. The number of benzene rings is 4. The lowest BCUT2D eigenvalue weighted by atomic mass is 9.87. The molecule has 0 radical (unpaired) electrons. The molecular formula is C32H28O5S. The summed E-state index contributed by atoms with van der Waals surface area (Å²) in [6, 6.07) is 27.7. The Kier molecular flexibility index (Phi) is 7.04. The third kappa shape index (κ3) is 4.37. The van der Waals surface area contributed by atoms with E-state index in [1.165, 1.54) is 4.70 Å². The van der Waals surface area contributed by atoms with E-state index in [4.69, 9.17) is 18.9 Å². The van der Waals surface area contributed by atoms with Crippen LogP contribution in [0.25, 0.3) is 31.3 Å². The largest absolute Gasteiger partial charge is 0.497 e. The van der Waals surface area contributed by atoms with Crippen molar-refractivity contribution in [3.63, 3.8) is 0 Å². The van der Waals surface area contributed by atoms with E-state index in [1.807, 2.05) is 36.4 Å². The summed E-state index contributed by atoms with van der Waals surface area (Å²) < 4.78 is 25.6. The fraction of sp³-hybridized carbons (Fsp3) is 0.156. The van der Waals surface area contributed by atoms with Gasteiger partial charge in [0, 0.05) is 51.1 Å². The normalized spacial score (nSPS) is 11.6. The average molecular weight is 525 g/mol. The first-order chi connectivity index (χ1) is 18.4. The van der Waals surface area contributed by atoms with Crippen LogP contribution >= 0.6 is 11.3 Å². The first-order valence-corrected chi connectivity index (χ1v) is 12.9. The lowest BCUT2D eigenvalue weighted by Gasteiger charge is -2.34. The zero-order chi connectivity index (χ0) is 26.9. The highest BCUT2D eigenvalue weighted by Gasteiger charge is 2.38. The molecule has 0 aliphatic carbocycles. The second kappa shape index (κ2) is 10.4. The Bertz CT molecular complexity index is 1630. The van der Waals surface area contributed by atoms with Crippen molar-refractivity contribution in [2.75, 3.05) is 21.3 Å². The smallest absolute Gasteiger partial charge is 0.338 e. The zero-order valence-electron chi connectivity index (χ0n) is 21.7. The van der Waals surface area contributed by atoms with Gasteiger partial charge in [0.05, 0.1) is 7.11 Å². The molecule has 0 saturated heterocycles. The van der Waals surface area contributed by atoms with Crippen LogP contribution in [0, 0.1) is 0 Å². The zero-order valence-corrected chi connectivity index (χ0v) is 22.6. The minimum atomic E-state index is -1.19. The van der Waals surface area contributed by atoms with Crippen molar-refractivity contribution in [2.45, 2.75) is 12.7 Å². The van der Waals surface area contributed by atoms with Crippen molar-refractivity contribution in [3.05, 3.63) is 108 Å². The van der Waals surface area contributed by atoms with Gasteiger partial charge in [0.2, 0.25) is 5.79 Å². The van der Waals surface area contributed by atoms with Crippen molar-refractivity contribution < 1.29 is 23.7 Å². The number of hydrogen-bond acceptors (Lipinski definition) is 6. The van der Waals surface area contributed by atoms with Gasteiger partial charge in [0.1, 0.15) is 11.5 Å². The predicted octanol–water partition coefficient (Wildman–Crippen LogP) is 7.71. The summed E-state index contributed by atoms with van der Waals surface area (Å²) in [6.45, 7) is 5.29. The highest BCUT2D eigenvalue weighted by molar-refractivity contribution is 7.25. The maximum atomic E-state index is 12.1. The third-order valence-electron chi connectivity index (χ3n) is 6.64. The molecule has 5 aromatic rings. The molecule has 0 N–H and O–H groups in total. The monoisotopic (exact) mass is 524 g/mol. The number of esters is 1. The number of carbonyl (C=O) groups excluding carboxylic acids is 1. The molecule has 0 bridgehead atoms. The Hall–Kier alpha value is -3.97. The van der Waals surface area contributed by atoms with Gasteiger partial charge in [0.25, 0.3) is 0 Å². The van der Waals surface area contributed by atoms with Crippen molar-refractivity contribution in [1.82, 2.24) is 0 Å². The Morgan fingerprint density at radius 1 is 0.789 bits per heavy atom. The number of methoxy groups -OCH3 is 3. The number of rotatable bonds is 8. The van der Waals surface area contributed by atoms with E-state index < -0.39 is 11.8 Å². The van der Waals surface area contributed by atoms with Gasteiger partial charge in [-0.25, -0.2) is 4.79 Å². The molecule has 0 spiro atoms. The molecule has 5 nitrogen and oxygen atoms in total. The highest BCUT2D eigenvalue weighted by Crippen LogP contribution is 2.47. The van der Waals surface area contributed by atoms with E-state index >= 15 is 0 Å². The van der Waals surface area contributed by atoms with Crippen molar-refractivity contribution in [2.24, 2.45) is 0 Å². The maximum Gasteiger partial charge on any atom is 0.338 e. The number of carbonyl (C=O) groups is 1. The third-order valence-corrected chi connectivity index (χ3v) is 7.78. The summed E-state index contributed by atoms with van der Waals surface area (Å²) in [5, 5.41) is 2.26. The lowest BCUT2D eigenvalue weighted by molar-refractivity contribution is -0.183. The Morgan fingerprint density at radius 2 is 1.45 bits per heavy atom. The van der Waals surface area contributed by atoms with Crippen LogP contribution in [0.5, 0.6) is 11.5 Å². The van der Waals surface area contributed by atoms with Gasteiger partial charge < -0.3 is 18.9 Å². The van der Waals surface area contributed by atoms with Gasteiger partial charge in [-0.2, -0.15) is 0 Å². The highest BCUT2D eigenvalue weighted by atomic mass is 32.1. The summed E-state index contributed by atoms with van der Waals surface area (Å²) in [4.78, 5) is 12.1. The van der Waals surface area contributed by atoms with Crippen molar-refractivity contribution in [1.29, 1.82) is 0 Å². The lowest BCUT2D eigenvalue weighted by Crippen LogP contribution is -2.33. The molecule has 5 rings (SSSR count). The van der Waals surface area contributed by atoms with Crippen LogP contribution in [0.1, 0.15) is 18.1 Å². The van der Waals surface area contributed by atoms with Crippen LogP contribution in [0.3, 0.4) is 0 Å². The summed E-state index contributed by atoms with van der Waals surface area (Å²) in [6.07, 6.45) is 0. The van der Waals surface area contributed by atoms with Crippen LogP contribution < -0.4 is 9.47 Å². The molecule has 0 aliphatic heterocycles. The van der Waals surface area contributed by atoms with E-state index in [9.17, 15) is 4.79 Å². The molecule has 192 valence electrons. The van der Waals surface area contributed by atoms with Gasteiger partial charge in [-0.15, -0.1) is 11.3 Å². The summed E-state index contributed by atoms with van der Waals surface area (Å²) >= 11 is 1.74.